The van der Waals surface area contributed by atoms with Gasteiger partial charge in [0.15, 0.2) is 0 Å². The van der Waals surface area contributed by atoms with Crippen LogP contribution in [0.3, 0.4) is 0 Å². The molecule has 0 aliphatic carbocycles. The summed E-state index contributed by atoms with van der Waals surface area (Å²) in [5.74, 6) is 5.13. The number of nitrogens with zero attached hydrogens (tertiary/aromatic N) is 4. The minimum atomic E-state index is -4.62. The Morgan fingerprint density at radius 1 is 1.09 bits per heavy atom. The largest absolute Gasteiger partial charge is 0.416 e. The van der Waals surface area contributed by atoms with Crippen LogP contribution in [0.5, 0.6) is 0 Å². The molecule has 1 aromatic carbocycles. The Balaban J connectivity index is 1.64. The second-order valence-electron chi connectivity index (χ2n) is 7.49. The summed E-state index contributed by atoms with van der Waals surface area (Å²) in [5, 5.41) is 2.47. The maximum absolute atomic E-state index is 13.5. The molecule has 1 amide bonds. The van der Waals surface area contributed by atoms with Gasteiger partial charge in [0.05, 0.1) is 11.3 Å². The van der Waals surface area contributed by atoms with Crippen LogP contribution in [-0.4, -0.2) is 25.4 Å². The lowest BCUT2D eigenvalue weighted by Crippen LogP contribution is -2.16. The summed E-state index contributed by atoms with van der Waals surface area (Å²) in [7, 11) is 0. The fourth-order valence-electron chi connectivity index (χ4n) is 3.09. The molecular formula is C25H18F3N5O. The number of hydrogen-bond donors (Lipinski definition) is 1. The number of amides is 1. The van der Waals surface area contributed by atoms with Crippen molar-refractivity contribution in [3.8, 4) is 17.7 Å². The molecule has 34 heavy (non-hydrogen) atoms. The topological polar surface area (TPSA) is 72.7 Å². The van der Waals surface area contributed by atoms with Gasteiger partial charge in [0.25, 0.3) is 5.91 Å². The van der Waals surface area contributed by atoms with E-state index in [1.54, 1.807) is 49.8 Å². The fourth-order valence-corrected chi connectivity index (χ4v) is 3.09. The maximum Gasteiger partial charge on any atom is 0.416 e. The molecule has 0 spiro atoms. The highest BCUT2D eigenvalue weighted by atomic mass is 19.4. The third-order valence-corrected chi connectivity index (χ3v) is 4.86. The first-order valence-electron chi connectivity index (χ1n) is 10.1. The Kier molecular flexibility index (Phi) is 6.15. The van der Waals surface area contributed by atoms with Gasteiger partial charge in [-0.25, -0.2) is 9.97 Å². The lowest BCUT2D eigenvalue weighted by atomic mass is 10.0. The molecule has 6 nitrogen and oxygen atoms in total. The predicted octanol–water partition coefficient (Wildman–Crippen LogP) is 4.95. The number of pyridine rings is 2. The van der Waals surface area contributed by atoms with E-state index in [0.29, 0.717) is 16.8 Å². The lowest BCUT2D eigenvalue weighted by molar-refractivity contribution is -0.137. The van der Waals surface area contributed by atoms with Gasteiger partial charge < -0.3 is 5.32 Å². The molecule has 0 saturated carbocycles. The van der Waals surface area contributed by atoms with Crippen molar-refractivity contribution in [1.29, 1.82) is 0 Å². The van der Waals surface area contributed by atoms with Crippen molar-refractivity contribution in [2.24, 2.45) is 0 Å². The molecule has 0 fully saturated rings. The first-order valence-corrected chi connectivity index (χ1v) is 10.1. The van der Waals surface area contributed by atoms with E-state index in [4.69, 9.17) is 0 Å². The molecule has 4 aromatic rings. The standard InChI is InChI=1S/C25H18F3N5O/c1-16-5-7-20(10-19(16)8-6-18-4-3-9-29-13-18)24(34)32-22-11-21(25(26,27)28)12-23(31-22)33-14-17(2)30-15-33/h3-5,7,9-15H,1-2H3,(H,31,32,34). The third kappa shape index (κ3) is 5.30. The van der Waals surface area contributed by atoms with Crippen LogP contribution in [-0.2, 0) is 6.18 Å². The normalized spacial score (nSPS) is 11.0. The van der Waals surface area contributed by atoms with Gasteiger partial charge in [0.2, 0.25) is 0 Å². The lowest BCUT2D eigenvalue weighted by Gasteiger charge is -2.13. The number of benzene rings is 1. The molecule has 170 valence electrons. The summed E-state index contributed by atoms with van der Waals surface area (Å²) in [5.41, 5.74) is 2.09. The van der Waals surface area contributed by atoms with Crippen LogP contribution in [0.2, 0.25) is 0 Å². The van der Waals surface area contributed by atoms with Gasteiger partial charge in [-0.1, -0.05) is 17.9 Å². The Labute approximate surface area is 193 Å². The Morgan fingerprint density at radius 2 is 1.91 bits per heavy atom. The number of aryl methyl sites for hydroxylation is 2. The average molecular weight is 461 g/mol. The maximum atomic E-state index is 13.5. The van der Waals surface area contributed by atoms with Crippen molar-refractivity contribution in [3.05, 3.63) is 101 Å². The molecule has 0 radical (unpaired) electrons. The van der Waals surface area contributed by atoms with Gasteiger partial charge >= 0.3 is 6.18 Å². The van der Waals surface area contributed by atoms with E-state index < -0.39 is 17.6 Å². The highest BCUT2D eigenvalue weighted by molar-refractivity contribution is 6.04. The number of carbonyl (C=O) groups is 1. The van der Waals surface area contributed by atoms with Gasteiger partial charge in [-0.05, 0) is 55.8 Å². The van der Waals surface area contributed by atoms with Gasteiger partial charge in [0.1, 0.15) is 18.0 Å². The van der Waals surface area contributed by atoms with Crippen molar-refractivity contribution in [1.82, 2.24) is 19.5 Å². The van der Waals surface area contributed by atoms with Crippen molar-refractivity contribution < 1.29 is 18.0 Å². The van der Waals surface area contributed by atoms with Crippen molar-refractivity contribution in [3.63, 3.8) is 0 Å². The molecule has 1 N–H and O–H groups in total. The molecule has 3 aromatic heterocycles. The summed E-state index contributed by atoms with van der Waals surface area (Å²) in [4.78, 5) is 25.0. The smallest absolute Gasteiger partial charge is 0.306 e. The second kappa shape index (κ2) is 9.19. The van der Waals surface area contributed by atoms with E-state index in [-0.39, 0.29) is 17.2 Å². The molecule has 0 unspecified atom stereocenters. The fraction of sp³-hybridized carbons (Fsp3) is 0.120. The van der Waals surface area contributed by atoms with Crippen molar-refractivity contribution in [2.45, 2.75) is 20.0 Å². The first kappa shape index (κ1) is 22.7. The minimum Gasteiger partial charge on any atom is -0.306 e. The zero-order valence-electron chi connectivity index (χ0n) is 18.2. The zero-order valence-corrected chi connectivity index (χ0v) is 18.2. The number of carbonyl (C=O) groups excluding carboxylic acids is 1. The number of anilines is 1. The van der Waals surface area contributed by atoms with Crippen LogP contribution in [0.4, 0.5) is 19.0 Å². The van der Waals surface area contributed by atoms with E-state index in [1.165, 1.54) is 10.9 Å². The minimum absolute atomic E-state index is 0.0161. The summed E-state index contributed by atoms with van der Waals surface area (Å²) >= 11 is 0. The van der Waals surface area contributed by atoms with E-state index in [0.717, 1.165) is 17.7 Å². The van der Waals surface area contributed by atoms with Gasteiger partial charge in [0, 0.05) is 35.3 Å². The molecule has 3 heterocycles. The molecule has 9 heteroatoms. The Hall–Kier alpha value is -4.45. The van der Waals surface area contributed by atoms with E-state index in [2.05, 4.69) is 32.1 Å². The van der Waals surface area contributed by atoms with Gasteiger partial charge in [-0.2, -0.15) is 13.2 Å². The molecule has 4 rings (SSSR count). The van der Waals surface area contributed by atoms with Crippen molar-refractivity contribution >= 4 is 11.7 Å². The van der Waals surface area contributed by atoms with Crippen LogP contribution in [0, 0.1) is 25.7 Å². The molecule has 0 atom stereocenters. The summed E-state index contributed by atoms with van der Waals surface area (Å²) in [6.07, 6.45) is 1.55. The monoisotopic (exact) mass is 461 g/mol. The van der Waals surface area contributed by atoms with E-state index >= 15 is 0 Å². The van der Waals surface area contributed by atoms with Crippen LogP contribution < -0.4 is 5.32 Å². The first-order chi connectivity index (χ1) is 16.2. The SMILES string of the molecule is Cc1cn(-c2cc(C(F)(F)F)cc(NC(=O)c3ccc(C)c(C#Cc4cccnc4)c3)n2)cn1. The van der Waals surface area contributed by atoms with E-state index in [9.17, 15) is 18.0 Å². The zero-order chi connectivity index (χ0) is 24.3. The predicted molar refractivity (Wildman–Crippen MR) is 120 cm³/mol. The average Bonchev–Trinajstić information content (AvgIpc) is 3.25. The highest BCUT2D eigenvalue weighted by Gasteiger charge is 2.32. The number of imidazole rings is 1. The number of halogens is 3. The summed E-state index contributed by atoms with van der Waals surface area (Å²) in [6, 6.07) is 10.2. The molecule has 0 aliphatic rings. The van der Waals surface area contributed by atoms with Gasteiger partial charge in [-0.3, -0.25) is 14.3 Å². The molecule has 0 aliphatic heterocycles. The summed E-state index contributed by atoms with van der Waals surface area (Å²) < 4.78 is 41.8. The number of aromatic nitrogens is 4. The number of nitrogens with one attached hydrogen (secondary N) is 1. The number of rotatable bonds is 3. The Morgan fingerprint density at radius 3 is 2.59 bits per heavy atom. The van der Waals surface area contributed by atoms with E-state index in [1.807, 2.05) is 13.0 Å². The van der Waals surface area contributed by atoms with Gasteiger partial charge in [-0.15, -0.1) is 0 Å². The van der Waals surface area contributed by atoms with Crippen molar-refractivity contribution in [2.75, 3.05) is 5.32 Å². The number of alkyl halides is 3. The highest BCUT2D eigenvalue weighted by Crippen LogP contribution is 2.32. The Bertz CT molecular complexity index is 1420. The summed E-state index contributed by atoms with van der Waals surface area (Å²) in [6.45, 7) is 3.56. The molecule has 0 bridgehead atoms. The molecule has 0 saturated heterocycles. The third-order valence-electron chi connectivity index (χ3n) is 4.86. The number of hydrogen-bond acceptors (Lipinski definition) is 4. The quantitative estimate of drug-likeness (QED) is 0.438. The van der Waals surface area contributed by atoms with Crippen LogP contribution >= 0.6 is 0 Å². The van der Waals surface area contributed by atoms with Crippen LogP contribution in [0.25, 0.3) is 5.82 Å². The molecular weight excluding hydrogens is 443 g/mol. The second-order valence-corrected chi connectivity index (χ2v) is 7.49. The van der Waals surface area contributed by atoms with Crippen LogP contribution in [0.1, 0.15) is 38.3 Å². The van der Waals surface area contributed by atoms with Crippen LogP contribution in [0.15, 0.2) is 67.4 Å².